The lowest BCUT2D eigenvalue weighted by molar-refractivity contribution is 0.0182. The monoisotopic (exact) mass is 141 g/mol. The number of morpholine rings is 1. The SMILES string of the molecule is CC(C)N1CCOC2C[C@@H]21. The average molecular weight is 141 g/mol. The van der Waals surface area contributed by atoms with Crippen LogP contribution >= 0.6 is 0 Å². The van der Waals surface area contributed by atoms with Crippen LogP contribution in [0.5, 0.6) is 0 Å². The predicted octanol–water partition coefficient (Wildman–Crippen LogP) is 0.868. The zero-order valence-electron chi connectivity index (χ0n) is 6.71. The molecule has 1 unspecified atom stereocenters. The summed E-state index contributed by atoms with van der Waals surface area (Å²) in [5, 5.41) is 0. The first kappa shape index (κ1) is 6.62. The Morgan fingerprint density at radius 1 is 1.50 bits per heavy atom. The number of nitrogens with zero attached hydrogens (tertiary/aromatic N) is 1. The molecule has 1 heterocycles. The molecule has 10 heavy (non-hydrogen) atoms. The van der Waals surface area contributed by atoms with Gasteiger partial charge in [0.25, 0.3) is 0 Å². The van der Waals surface area contributed by atoms with Crippen molar-refractivity contribution in [1.29, 1.82) is 0 Å². The van der Waals surface area contributed by atoms with Gasteiger partial charge >= 0.3 is 0 Å². The summed E-state index contributed by atoms with van der Waals surface area (Å²) in [6, 6.07) is 1.48. The van der Waals surface area contributed by atoms with Crippen LogP contribution in [0, 0.1) is 0 Å². The van der Waals surface area contributed by atoms with Crippen LogP contribution in [0.2, 0.25) is 0 Å². The van der Waals surface area contributed by atoms with Crippen molar-refractivity contribution < 1.29 is 4.74 Å². The highest BCUT2D eigenvalue weighted by Gasteiger charge is 2.46. The van der Waals surface area contributed by atoms with E-state index < -0.39 is 0 Å². The molecule has 2 aliphatic rings. The van der Waals surface area contributed by atoms with Gasteiger partial charge in [-0.15, -0.1) is 0 Å². The van der Waals surface area contributed by atoms with Gasteiger partial charge in [-0.2, -0.15) is 0 Å². The minimum atomic E-state index is 0.594. The number of hydrogen-bond donors (Lipinski definition) is 0. The van der Waals surface area contributed by atoms with E-state index in [1.54, 1.807) is 0 Å². The summed E-state index contributed by atoms with van der Waals surface area (Å²) in [5.74, 6) is 0. The van der Waals surface area contributed by atoms with Gasteiger partial charge in [0.2, 0.25) is 0 Å². The lowest BCUT2D eigenvalue weighted by Gasteiger charge is -2.29. The van der Waals surface area contributed by atoms with E-state index in [1.165, 1.54) is 6.42 Å². The maximum Gasteiger partial charge on any atom is 0.0747 e. The van der Waals surface area contributed by atoms with Crippen molar-refractivity contribution in [3.8, 4) is 0 Å². The topological polar surface area (TPSA) is 12.5 Å². The van der Waals surface area contributed by atoms with Crippen LogP contribution in [0.3, 0.4) is 0 Å². The third-order valence-electron chi connectivity index (χ3n) is 2.47. The van der Waals surface area contributed by atoms with Gasteiger partial charge in [-0.25, -0.2) is 0 Å². The Morgan fingerprint density at radius 3 is 2.90 bits per heavy atom. The Labute approximate surface area is 62.2 Å². The van der Waals surface area contributed by atoms with Gasteiger partial charge in [0.1, 0.15) is 0 Å². The molecule has 0 aromatic carbocycles. The molecule has 58 valence electrons. The van der Waals surface area contributed by atoms with Crippen molar-refractivity contribution in [2.75, 3.05) is 13.2 Å². The molecule has 0 spiro atoms. The molecule has 1 saturated heterocycles. The first-order chi connectivity index (χ1) is 4.79. The van der Waals surface area contributed by atoms with E-state index in [2.05, 4.69) is 18.7 Å². The second kappa shape index (κ2) is 2.21. The van der Waals surface area contributed by atoms with Gasteiger partial charge < -0.3 is 4.74 Å². The fourth-order valence-corrected chi connectivity index (χ4v) is 1.80. The van der Waals surface area contributed by atoms with E-state index in [9.17, 15) is 0 Å². The largest absolute Gasteiger partial charge is 0.375 e. The Hall–Kier alpha value is -0.0800. The van der Waals surface area contributed by atoms with Crippen molar-refractivity contribution in [2.45, 2.75) is 38.5 Å². The van der Waals surface area contributed by atoms with Crippen LogP contribution < -0.4 is 0 Å². The van der Waals surface area contributed by atoms with Gasteiger partial charge in [0.05, 0.1) is 12.7 Å². The maximum atomic E-state index is 5.49. The van der Waals surface area contributed by atoms with E-state index in [1.807, 2.05) is 0 Å². The summed E-state index contributed by atoms with van der Waals surface area (Å²) >= 11 is 0. The first-order valence-electron chi connectivity index (χ1n) is 4.16. The summed E-state index contributed by atoms with van der Waals surface area (Å²) in [4.78, 5) is 2.55. The Kier molecular flexibility index (Phi) is 1.46. The second-order valence-electron chi connectivity index (χ2n) is 3.54. The minimum absolute atomic E-state index is 0.594. The van der Waals surface area contributed by atoms with Crippen molar-refractivity contribution in [1.82, 2.24) is 4.90 Å². The quantitative estimate of drug-likeness (QED) is 0.537. The number of hydrogen-bond acceptors (Lipinski definition) is 2. The van der Waals surface area contributed by atoms with E-state index >= 15 is 0 Å². The van der Waals surface area contributed by atoms with Gasteiger partial charge in [0.15, 0.2) is 0 Å². The minimum Gasteiger partial charge on any atom is -0.375 e. The van der Waals surface area contributed by atoms with Crippen molar-refractivity contribution in [2.24, 2.45) is 0 Å². The lowest BCUT2D eigenvalue weighted by atomic mass is 10.3. The number of rotatable bonds is 1. The van der Waals surface area contributed by atoms with Crippen molar-refractivity contribution in [3.63, 3.8) is 0 Å². The van der Waals surface area contributed by atoms with Gasteiger partial charge in [-0.05, 0) is 20.3 Å². The standard InChI is InChI=1S/C8H15NO/c1-6(2)9-3-4-10-8-5-7(8)9/h6-8H,3-5H2,1-2H3/t7-,8?/m0/s1. The summed E-state index contributed by atoms with van der Waals surface area (Å²) < 4.78 is 5.49. The van der Waals surface area contributed by atoms with E-state index in [4.69, 9.17) is 4.74 Å². The average Bonchev–Trinajstić information content (AvgIpc) is 2.63. The predicted molar refractivity (Wildman–Crippen MR) is 40.0 cm³/mol. The van der Waals surface area contributed by atoms with Crippen LogP contribution in [-0.4, -0.2) is 36.2 Å². The second-order valence-corrected chi connectivity index (χ2v) is 3.54. The highest BCUT2D eigenvalue weighted by molar-refractivity contribution is 5.00. The van der Waals surface area contributed by atoms with Crippen LogP contribution in [0.15, 0.2) is 0 Å². The van der Waals surface area contributed by atoms with Crippen molar-refractivity contribution >= 4 is 0 Å². The molecule has 1 saturated carbocycles. The van der Waals surface area contributed by atoms with E-state index in [-0.39, 0.29) is 0 Å². The molecule has 1 aliphatic carbocycles. The molecule has 1 aliphatic heterocycles. The molecule has 0 N–H and O–H groups in total. The van der Waals surface area contributed by atoms with Crippen LogP contribution in [-0.2, 0) is 4.74 Å². The van der Waals surface area contributed by atoms with Gasteiger partial charge in [-0.1, -0.05) is 0 Å². The molecule has 2 heteroatoms. The number of ether oxygens (including phenoxy) is 1. The highest BCUT2D eigenvalue weighted by Crippen LogP contribution is 2.35. The third-order valence-corrected chi connectivity index (χ3v) is 2.47. The third kappa shape index (κ3) is 0.956. The Bertz CT molecular complexity index is 135. The van der Waals surface area contributed by atoms with Crippen LogP contribution in [0.1, 0.15) is 20.3 Å². The summed E-state index contributed by atoms with van der Waals surface area (Å²) in [6.45, 7) is 6.61. The summed E-state index contributed by atoms with van der Waals surface area (Å²) in [7, 11) is 0. The normalized spacial score (nSPS) is 39.9. The molecule has 0 radical (unpaired) electrons. The van der Waals surface area contributed by atoms with E-state index in [0.717, 1.165) is 19.2 Å². The zero-order valence-corrected chi connectivity index (χ0v) is 6.71. The first-order valence-corrected chi connectivity index (χ1v) is 4.16. The molecule has 0 aromatic rings. The Balaban J connectivity index is 1.96. The summed E-state index contributed by atoms with van der Waals surface area (Å²) in [6.07, 6.45) is 1.87. The van der Waals surface area contributed by atoms with E-state index in [0.29, 0.717) is 12.1 Å². The summed E-state index contributed by atoms with van der Waals surface area (Å²) in [5.41, 5.74) is 0. The molecular formula is C8H15NO. The van der Waals surface area contributed by atoms with Gasteiger partial charge in [-0.3, -0.25) is 4.90 Å². The lowest BCUT2D eigenvalue weighted by Crippen LogP contribution is -2.41. The molecular weight excluding hydrogens is 126 g/mol. The molecule has 2 rings (SSSR count). The fourth-order valence-electron chi connectivity index (χ4n) is 1.80. The molecule has 2 nitrogen and oxygen atoms in total. The van der Waals surface area contributed by atoms with Crippen LogP contribution in [0.4, 0.5) is 0 Å². The highest BCUT2D eigenvalue weighted by atomic mass is 16.5. The molecule has 0 aromatic heterocycles. The van der Waals surface area contributed by atoms with Crippen LogP contribution in [0.25, 0.3) is 0 Å². The van der Waals surface area contributed by atoms with Crippen molar-refractivity contribution in [3.05, 3.63) is 0 Å². The van der Waals surface area contributed by atoms with Gasteiger partial charge in [0, 0.05) is 18.6 Å². The maximum absolute atomic E-state index is 5.49. The smallest absolute Gasteiger partial charge is 0.0747 e. The molecule has 2 fully saturated rings. The number of fused-ring (bicyclic) bond motifs is 1. The Morgan fingerprint density at radius 2 is 2.30 bits per heavy atom. The molecule has 2 atom stereocenters. The fraction of sp³-hybridized carbons (Fsp3) is 1.00. The zero-order chi connectivity index (χ0) is 7.14. The molecule has 0 bridgehead atoms. The molecule has 0 amide bonds.